The van der Waals surface area contributed by atoms with Crippen molar-refractivity contribution in [2.24, 2.45) is 22.2 Å². The summed E-state index contributed by atoms with van der Waals surface area (Å²) < 4.78 is 6.88. The van der Waals surface area contributed by atoms with E-state index in [-0.39, 0.29) is 34.2 Å². The van der Waals surface area contributed by atoms with E-state index in [1.54, 1.807) is 6.07 Å². The van der Waals surface area contributed by atoms with Crippen LogP contribution in [0.25, 0.3) is 11.1 Å². The highest BCUT2D eigenvalue weighted by molar-refractivity contribution is 5.75. The van der Waals surface area contributed by atoms with Gasteiger partial charge in [0.05, 0.1) is 6.10 Å². The second-order valence-electron chi connectivity index (χ2n) is 11.0. The highest BCUT2D eigenvalue weighted by atomic mass is 16.5. The Balaban J connectivity index is 1.54. The highest BCUT2D eigenvalue weighted by Crippen LogP contribution is 2.69. The van der Waals surface area contributed by atoms with Gasteiger partial charge in [-0.2, -0.15) is 0 Å². The van der Waals surface area contributed by atoms with Crippen molar-refractivity contribution < 1.29 is 14.9 Å². The number of aliphatic hydroxyl groups excluding tert-OH is 1. The van der Waals surface area contributed by atoms with Crippen LogP contribution in [0.3, 0.4) is 0 Å². The highest BCUT2D eigenvalue weighted by Gasteiger charge is 2.65. The van der Waals surface area contributed by atoms with Gasteiger partial charge in [0.2, 0.25) is 0 Å². The molecular weight excluding hydrogens is 372 g/mol. The first-order valence-electron chi connectivity index (χ1n) is 11.5. The number of rotatable bonds is 3. The average molecular weight is 407 g/mol. The Labute approximate surface area is 180 Å². The van der Waals surface area contributed by atoms with Crippen molar-refractivity contribution >= 4 is 0 Å². The van der Waals surface area contributed by atoms with Crippen LogP contribution in [0.15, 0.2) is 48.5 Å². The van der Waals surface area contributed by atoms with E-state index < -0.39 is 0 Å². The van der Waals surface area contributed by atoms with E-state index in [0.717, 1.165) is 49.0 Å². The number of phenolic OH excluding ortho intramolecular Hbond substituents is 1. The number of aliphatic hydroxyl groups is 1. The lowest BCUT2D eigenvalue weighted by molar-refractivity contribution is -0.139. The minimum absolute atomic E-state index is 0.00793. The third kappa shape index (κ3) is 2.89. The molecule has 30 heavy (non-hydrogen) atoms. The topological polar surface area (TPSA) is 49.7 Å². The van der Waals surface area contributed by atoms with Crippen LogP contribution in [0.1, 0.15) is 59.3 Å². The van der Waals surface area contributed by atoms with Crippen molar-refractivity contribution in [2.75, 3.05) is 0 Å². The van der Waals surface area contributed by atoms with Gasteiger partial charge in [0.1, 0.15) is 17.6 Å². The van der Waals surface area contributed by atoms with Crippen LogP contribution < -0.4 is 4.74 Å². The van der Waals surface area contributed by atoms with E-state index in [1.165, 1.54) is 6.42 Å². The Morgan fingerprint density at radius 1 is 0.900 bits per heavy atom. The summed E-state index contributed by atoms with van der Waals surface area (Å²) in [5, 5.41) is 21.2. The Morgan fingerprint density at radius 3 is 2.37 bits per heavy atom. The van der Waals surface area contributed by atoms with Crippen LogP contribution in [0.2, 0.25) is 0 Å². The van der Waals surface area contributed by atoms with Crippen molar-refractivity contribution in [1.29, 1.82) is 0 Å². The molecule has 0 unspecified atom stereocenters. The molecule has 0 radical (unpaired) electrons. The molecule has 3 fully saturated rings. The minimum atomic E-state index is -0.193. The number of para-hydroxylation sites is 2. The predicted octanol–water partition coefficient (Wildman–Crippen LogP) is 6.18. The summed E-state index contributed by atoms with van der Waals surface area (Å²) in [4.78, 5) is 0. The molecule has 3 aliphatic rings. The molecule has 160 valence electrons. The van der Waals surface area contributed by atoms with Crippen LogP contribution in [0.5, 0.6) is 11.5 Å². The number of fused-ring (bicyclic) bond motifs is 1. The summed E-state index contributed by atoms with van der Waals surface area (Å²) in [6, 6.07) is 15.6. The van der Waals surface area contributed by atoms with Gasteiger partial charge in [0.15, 0.2) is 0 Å². The second-order valence-corrected chi connectivity index (χ2v) is 11.0. The number of phenols is 1. The molecule has 0 aliphatic heterocycles. The molecule has 0 aromatic heterocycles. The third-order valence-corrected chi connectivity index (χ3v) is 8.77. The van der Waals surface area contributed by atoms with Crippen molar-refractivity contribution in [3.05, 3.63) is 48.5 Å². The van der Waals surface area contributed by atoms with Crippen molar-refractivity contribution in [3.8, 4) is 22.6 Å². The summed E-state index contributed by atoms with van der Waals surface area (Å²) in [7, 11) is 0. The second kappa shape index (κ2) is 6.75. The van der Waals surface area contributed by atoms with Gasteiger partial charge in [-0.3, -0.25) is 0 Å². The standard InChI is InChI=1S/C27H34O3/c1-25(2)16-24(27-15-13-23(29)26(3,17-27)14-12-22(25)27)30-21-11-7-5-9-19(21)18-8-4-6-10-20(18)28/h4-11,22-24,28-29H,12-17H2,1-3H3/t22-,23+,24-,26+,27-/m0/s1. The fourth-order valence-corrected chi connectivity index (χ4v) is 7.32. The number of hydrogen-bond acceptors (Lipinski definition) is 3. The molecule has 2 bridgehead atoms. The quantitative estimate of drug-likeness (QED) is 0.639. The van der Waals surface area contributed by atoms with Gasteiger partial charge in [-0.1, -0.05) is 57.2 Å². The van der Waals surface area contributed by atoms with Crippen LogP contribution in [0.4, 0.5) is 0 Å². The van der Waals surface area contributed by atoms with Crippen LogP contribution in [0, 0.1) is 22.2 Å². The van der Waals surface area contributed by atoms with Crippen LogP contribution in [-0.2, 0) is 0 Å². The molecular formula is C27H34O3. The van der Waals surface area contributed by atoms with Gasteiger partial charge in [0.25, 0.3) is 0 Å². The van der Waals surface area contributed by atoms with Gasteiger partial charge in [-0.15, -0.1) is 0 Å². The molecule has 5 rings (SSSR count). The van der Waals surface area contributed by atoms with Gasteiger partial charge < -0.3 is 14.9 Å². The average Bonchev–Trinajstić information content (AvgIpc) is 2.91. The van der Waals surface area contributed by atoms with Gasteiger partial charge in [-0.25, -0.2) is 0 Å². The summed E-state index contributed by atoms with van der Waals surface area (Å²) in [5.74, 6) is 1.77. The smallest absolute Gasteiger partial charge is 0.127 e. The van der Waals surface area contributed by atoms with Gasteiger partial charge in [-0.05, 0) is 67.4 Å². The molecule has 5 atom stereocenters. The largest absolute Gasteiger partial charge is 0.507 e. The monoisotopic (exact) mass is 406 g/mol. The van der Waals surface area contributed by atoms with Gasteiger partial charge in [0, 0.05) is 16.5 Å². The lowest BCUT2D eigenvalue weighted by atomic mass is 9.49. The Morgan fingerprint density at radius 2 is 1.60 bits per heavy atom. The number of benzene rings is 2. The normalized spacial score (nSPS) is 36.9. The molecule has 3 heteroatoms. The predicted molar refractivity (Wildman–Crippen MR) is 119 cm³/mol. The maximum atomic E-state index is 10.8. The summed E-state index contributed by atoms with van der Waals surface area (Å²) >= 11 is 0. The fourth-order valence-electron chi connectivity index (χ4n) is 7.32. The van der Waals surface area contributed by atoms with E-state index in [4.69, 9.17) is 4.74 Å². The van der Waals surface area contributed by atoms with Crippen LogP contribution in [-0.4, -0.2) is 22.4 Å². The maximum absolute atomic E-state index is 10.8. The first-order chi connectivity index (χ1) is 14.3. The summed E-state index contributed by atoms with van der Waals surface area (Å²) in [5.41, 5.74) is 2.13. The Bertz CT molecular complexity index is 951. The van der Waals surface area contributed by atoms with E-state index in [9.17, 15) is 10.2 Å². The fraction of sp³-hybridized carbons (Fsp3) is 0.556. The van der Waals surface area contributed by atoms with Gasteiger partial charge >= 0.3 is 0 Å². The number of ether oxygens (including phenoxy) is 1. The Hall–Kier alpha value is -2.00. The van der Waals surface area contributed by atoms with E-state index in [1.807, 2.05) is 42.5 Å². The summed E-state index contributed by atoms with van der Waals surface area (Å²) in [6.07, 6.45) is 6.26. The molecule has 2 aromatic carbocycles. The Kier molecular flexibility index (Phi) is 4.49. The maximum Gasteiger partial charge on any atom is 0.127 e. The number of aromatic hydroxyl groups is 1. The van der Waals surface area contributed by atoms with Crippen molar-refractivity contribution in [1.82, 2.24) is 0 Å². The molecule has 2 N–H and O–H groups in total. The molecule has 3 nitrogen and oxygen atoms in total. The minimum Gasteiger partial charge on any atom is -0.507 e. The zero-order valence-corrected chi connectivity index (χ0v) is 18.4. The zero-order valence-electron chi connectivity index (χ0n) is 18.4. The molecule has 3 aliphatic carbocycles. The molecule has 3 saturated carbocycles. The van der Waals surface area contributed by atoms with E-state index in [0.29, 0.717) is 5.92 Å². The number of hydrogen-bond donors (Lipinski definition) is 2. The third-order valence-electron chi connectivity index (χ3n) is 8.77. The van der Waals surface area contributed by atoms with Crippen LogP contribution >= 0.6 is 0 Å². The molecule has 2 aromatic rings. The zero-order chi connectivity index (χ0) is 21.1. The molecule has 0 heterocycles. The van der Waals surface area contributed by atoms with E-state index in [2.05, 4.69) is 20.8 Å². The SMILES string of the molecule is CC1(C)C[C@H](Oc2ccccc2-c2ccccc2O)[C@]23CC[C@@H](O)[C@](C)(CC[C@@H]12)C3. The van der Waals surface area contributed by atoms with Crippen molar-refractivity contribution in [2.45, 2.75) is 71.5 Å². The first kappa shape index (κ1) is 19.9. The van der Waals surface area contributed by atoms with E-state index >= 15 is 0 Å². The molecule has 0 saturated heterocycles. The summed E-state index contributed by atoms with van der Waals surface area (Å²) in [6.45, 7) is 7.10. The lowest BCUT2D eigenvalue weighted by Crippen LogP contribution is -2.55. The first-order valence-corrected chi connectivity index (χ1v) is 11.5. The van der Waals surface area contributed by atoms with Crippen molar-refractivity contribution in [3.63, 3.8) is 0 Å². The lowest BCUT2D eigenvalue weighted by Gasteiger charge is -2.57. The molecule has 0 amide bonds. The molecule has 1 spiro atoms.